The molecule has 1 heteroatoms. The molecule has 9 heavy (non-hydrogen) atoms. The Balaban J connectivity index is 3.82. The van der Waals surface area contributed by atoms with Crippen LogP contribution in [0, 0.1) is 23.2 Å². The molecule has 0 aliphatic heterocycles. The van der Waals surface area contributed by atoms with Crippen LogP contribution in [0.4, 0.5) is 0 Å². The maximum Gasteiger partial charge on any atom is 0.0659 e. The number of hydrogen-bond acceptors (Lipinski definition) is 1. The molecule has 0 radical (unpaired) electrons. The second-order valence-electron chi connectivity index (χ2n) is 2.23. The van der Waals surface area contributed by atoms with Crippen LogP contribution in [0.1, 0.15) is 20.3 Å². The Hall–Kier alpha value is -0.770. The number of allylic oxidation sites excluding steroid dienone is 1. The summed E-state index contributed by atoms with van der Waals surface area (Å²) >= 11 is 0. The third kappa shape index (κ3) is 2.32. The lowest BCUT2D eigenvalue weighted by Crippen LogP contribution is -2.04. The van der Waals surface area contributed by atoms with Gasteiger partial charge in [-0.2, -0.15) is 5.26 Å². The van der Waals surface area contributed by atoms with E-state index in [1.54, 1.807) is 0 Å². The fraction of sp³-hybridized carbons (Fsp3) is 0.625. The van der Waals surface area contributed by atoms with Gasteiger partial charge in [-0.25, -0.2) is 0 Å². The van der Waals surface area contributed by atoms with Gasteiger partial charge < -0.3 is 0 Å². The van der Waals surface area contributed by atoms with Gasteiger partial charge in [-0.15, -0.1) is 6.58 Å². The Morgan fingerprint density at radius 2 is 2.33 bits per heavy atom. The lowest BCUT2D eigenvalue weighted by molar-refractivity contribution is 0.508. The quantitative estimate of drug-likeness (QED) is 0.528. The maximum absolute atomic E-state index is 8.47. The molecule has 0 rings (SSSR count). The highest BCUT2D eigenvalue weighted by Crippen LogP contribution is 2.14. The first-order valence-electron chi connectivity index (χ1n) is 3.28. The van der Waals surface area contributed by atoms with Crippen molar-refractivity contribution < 1.29 is 0 Å². The average Bonchev–Trinajstić information content (AvgIpc) is 1.90. The van der Waals surface area contributed by atoms with Crippen molar-refractivity contribution >= 4 is 0 Å². The maximum atomic E-state index is 8.47. The summed E-state index contributed by atoms with van der Waals surface area (Å²) < 4.78 is 0. The van der Waals surface area contributed by atoms with Crippen LogP contribution in [0.3, 0.4) is 0 Å². The number of rotatable bonds is 3. The molecular formula is C8H13N. The van der Waals surface area contributed by atoms with Gasteiger partial charge in [0.25, 0.3) is 0 Å². The van der Waals surface area contributed by atoms with Crippen LogP contribution >= 0.6 is 0 Å². The van der Waals surface area contributed by atoms with Crippen molar-refractivity contribution in [3.63, 3.8) is 0 Å². The van der Waals surface area contributed by atoms with Gasteiger partial charge in [0.1, 0.15) is 0 Å². The summed E-state index contributed by atoms with van der Waals surface area (Å²) in [6, 6.07) is 2.20. The average molecular weight is 123 g/mol. The molecule has 0 bridgehead atoms. The van der Waals surface area contributed by atoms with E-state index in [2.05, 4.69) is 19.6 Å². The van der Waals surface area contributed by atoms with E-state index in [4.69, 9.17) is 5.26 Å². The second-order valence-corrected chi connectivity index (χ2v) is 2.23. The van der Waals surface area contributed by atoms with Crippen LogP contribution < -0.4 is 0 Å². The summed E-state index contributed by atoms with van der Waals surface area (Å²) in [6.45, 7) is 7.65. The molecule has 0 N–H and O–H groups in total. The van der Waals surface area contributed by atoms with Gasteiger partial charge in [0.05, 0.1) is 6.07 Å². The lowest BCUT2D eigenvalue weighted by Gasteiger charge is -2.09. The van der Waals surface area contributed by atoms with E-state index in [0.29, 0.717) is 5.92 Å². The predicted octanol–water partition coefficient (Wildman–Crippen LogP) is 2.36. The first-order valence-corrected chi connectivity index (χ1v) is 3.28. The highest BCUT2D eigenvalue weighted by molar-refractivity contribution is 4.92. The monoisotopic (exact) mass is 123 g/mol. The van der Waals surface area contributed by atoms with Crippen LogP contribution in [0.2, 0.25) is 0 Å². The van der Waals surface area contributed by atoms with Crippen LogP contribution in [-0.4, -0.2) is 0 Å². The zero-order chi connectivity index (χ0) is 7.28. The highest BCUT2D eigenvalue weighted by atomic mass is 14.3. The SMILES string of the molecule is C=CC(CC)C(C)C#N. The molecule has 0 aromatic heterocycles. The van der Waals surface area contributed by atoms with Gasteiger partial charge >= 0.3 is 0 Å². The first-order chi connectivity index (χ1) is 4.26. The molecule has 50 valence electrons. The Morgan fingerprint density at radius 3 is 2.44 bits per heavy atom. The molecule has 0 saturated carbocycles. The summed E-state index contributed by atoms with van der Waals surface area (Å²) in [5.74, 6) is 0.488. The van der Waals surface area contributed by atoms with E-state index in [1.807, 2.05) is 13.0 Å². The molecule has 2 unspecified atom stereocenters. The van der Waals surface area contributed by atoms with Crippen molar-refractivity contribution in [1.29, 1.82) is 5.26 Å². The van der Waals surface area contributed by atoms with E-state index < -0.39 is 0 Å². The van der Waals surface area contributed by atoms with Gasteiger partial charge in [-0.3, -0.25) is 0 Å². The van der Waals surface area contributed by atoms with Gasteiger partial charge in [-0.1, -0.05) is 13.0 Å². The van der Waals surface area contributed by atoms with Crippen molar-refractivity contribution in [3.05, 3.63) is 12.7 Å². The van der Waals surface area contributed by atoms with Crippen molar-refractivity contribution in [1.82, 2.24) is 0 Å². The third-order valence-corrected chi connectivity index (χ3v) is 1.62. The van der Waals surface area contributed by atoms with Crippen molar-refractivity contribution in [2.24, 2.45) is 11.8 Å². The number of nitrogens with zero attached hydrogens (tertiary/aromatic N) is 1. The molecule has 0 saturated heterocycles. The van der Waals surface area contributed by atoms with E-state index in [9.17, 15) is 0 Å². The van der Waals surface area contributed by atoms with Crippen LogP contribution in [0.15, 0.2) is 12.7 Å². The van der Waals surface area contributed by atoms with E-state index in [-0.39, 0.29) is 5.92 Å². The Morgan fingerprint density at radius 1 is 1.78 bits per heavy atom. The van der Waals surface area contributed by atoms with Gasteiger partial charge in [0.2, 0.25) is 0 Å². The van der Waals surface area contributed by atoms with Crippen LogP contribution in [0.25, 0.3) is 0 Å². The Labute approximate surface area is 57.0 Å². The molecule has 1 nitrogen and oxygen atoms in total. The standard InChI is InChI=1S/C8H13N/c1-4-8(5-2)7(3)6-9/h4,7-8H,1,5H2,2-3H3. The zero-order valence-electron chi connectivity index (χ0n) is 6.09. The van der Waals surface area contributed by atoms with Gasteiger partial charge in [0.15, 0.2) is 0 Å². The zero-order valence-corrected chi connectivity index (χ0v) is 6.09. The minimum atomic E-state index is 0.118. The fourth-order valence-corrected chi connectivity index (χ4v) is 0.820. The normalized spacial score (nSPS) is 15.7. The van der Waals surface area contributed by atoms with Crippen LogP contribution in [0.5, 0.6) is 0 Å². The first kappa shape index (κ1) is 8.23. The molecule has 0 fully saturated rings. The number of hydrogen-bond donors (Lipinski definition) is 0. The van der Waals surface area contributed by atoms with Gasteiger partial charge in [-0.05, 0) is 19.3 Å². The summed E-state index contributed by atoms with van der Waals surface area (Å²) in [5, 5.41) is 8.47. The largest absolute Gasteiger partial charge is 0.198 e. The minimum Gasteiger partial charge on any atom is -0.198 e. The van der Waals surface area contributed by atoms with Crippen molar-refractivity contribution in [2.45, 2.75) is 20.3 Å². The third-order valence-electron chi connectivity index (χ3n) is 1.62. The summed E-state index contributed by atoms with van der Waals surface area (Å²) in [4.78, 5) is 0. The second kappa shape index (κ2) is 4.14. The van der Waals surface area contributed by atoms with E-state index >= 15 is 0 Å². The molecule has 0 aromatic rings. The molecule has 0 spiro atoms. The van der Waals surface area contributed by atoms with Gasteiger partial charge in [0, 0.05) is 5.92 Å². The molecule has 2 atom stereocenters. The molecule has 0 amide bonds. The minimum absolute atomic E-state index is 0.118. The smallest absolute Gasteiger partial charge is 0.0659 e. The summed E-state index contributed by atoms with van der Waals surface area (Å²) in [5.41, 5.74) is 0. The Kier molecular flexibility index (Phi) is 3.79. The molecular weight excluding hydrogens is 110 g/mol. The van der Waals surface area contributed by atoms with E-state index in [1.165, 1.54) is 0 Å². The molecule has 0 aliphatic rings. The van der Waals surface area contributed by atoms with Crippen molar-refractivity contribution in [2.75, 3.05) is 0 Å². The lowest BCUT2D eigenvalue weighted by atomic mass is 9.93. The summed E-state index contributed by atoms with van der Waals surface area (Å²) in [6.07, 6.45) is 2.87. The number of nitriles is 1. The van der Waals surface area contributed by atoms with Crippen LogP contribution in [-0.2, 0) is 0 Å². The van der Waals surface area contributed by atoms with E-state index in [0.717, 1.165) is 6.42 Å². The molecule has 0 heterocycles. The highest BCUT2D eigenvalue weighted by Gasteiger charge is 2.09. The summed E-state index contributed by atoms with van der Waals surface area (Å²) in [7, 11) is 0. The molecule has 0 aromatic carbocycles. The topological polar surface area (TPSA) is 23.8 Å². The Bertz CT molecular complexity index is 121. The molecule has 0 aliphatic carbocycles. The van der Waals surface area contributed by atoms with Crippen molar-refractivity contribution in [3.8, 4) is 6.07 Å². The fourth-order valence-electron chi connectivity index (χ4n) is 0.820. The predicted molar refractivity (Wildman–Crippen MR) is 38.8 cm³/mol.